The van der Waals surface area contributed by atoms with Crippen molar-refractivity contribution in [1.29, 1.82) is 0 Å². The monoisotopic (exact) mass is 248 g/mol. The quantitative estimate of drug-likeness (QED) is 0.881. The number of hydrogen-bond donors (Lipinski definition) is 1. The molecule has 2 N–H and O–H groups in total. The van der Waals surface area contributed by atoms with Crippen molar-refractivity contribution < 1.29 is 9.53 Å². The van der Waals surface area contributed by atoms with Crippen molar-refractivity contribution >= 4 is 5.91 Å². The van der Waals surface area contributed by atoms with E-state index in [2.05, 4.69) is 6.92 Å². The summed E-state index contributed by atoms with van der Waals surface area (Å²) >= 11 is 0. The number of hydrogen-bond acceptors (Lipinski definition) is 3. The Hall–Kier alpha value is -1.55. The van der Waals surface area contributed by atoms with E-state index in [9.17, 15) is 4.79 Å². The van der Waals surface area contributed by atoms with Crippen molar-refractivity contribution in [3.05, 3.63) is 29.8 Å². The predicted molar refractivity (Wildman–Crippen MR) is 70.7 cm³/mol. The number of rotatable bonds is 4. The van der Waals surface area contributed by atoms with Gasteiger partial charge in [0.25, 0.3) is 5.91 Å². The average molecular weight is 248 g/mol. The van der Waals surface area contributed by atoms with Crippen molar-refractivity contribution in [2.24, 2.45) is 5.73 Å². The summed E-state index contributed by atoms with van der Waals surface area (Å²) in [5.41, 5.74) is 6.67. The second-order valence-electron chi connectivity index (χ2n) is 5.00. The number of ether oxygens (including phenoxy) is 1. The van der Waals surface area contributed by atoms with Crippen LogP contribution in [0.5, 0.6) is 5.75 Å². The summed E-state index contributed by atoms with van der Waals surface area (Å²) in [4.78, 5) is 14.0. The van der Waals surface area contributed by atoms with Crippen molar-refractivity contribution in [3.8, 4) is 5.75 Å². The average Bonchev–Trinajstić information content (AvgIpc) is 2.35. The van der Waals surface area contributed by atoms with E-state index in [1.54, 1.807) is 36.3 Å². The minimum atomic E-state index is -0.170. The molecule has 4 heteroatoms. The van der Waals surface area contributed by atoms with Crippen LogP contribution in [0.3, 0.4) is 0 Å². The van der Waals surface area contributed by atoms with Crippen molar-refractivity contribution in [3.63, 3.8) is 0 Å². The van der Waals surface area contributed by atoms with Gasteiger partial charge in [0.15, 0.2) is 0 Å². The first kappa shape index (κ1) is 12.9. The smallest absolute Gasteiger partial charge is 0.253 e. The molecule has 0 unspecified atom stereocenters. The van der Waals surface area contributed by atoms with E-state index in [4.69, 9.17) is 10.5 Å². The van der Waals surface area contributed by atoms with Crippen LogP contribution in [-0.2, 0) is 0 Å². The van der Waals surface area contributed by atoms with Crippen LogP contribution in [0, 0.1) is 0 Å². The lowest BCUT2D eigenvalue weighted by molar-refractivity contribution is 0.0386. The maximum Gasteiger partial charge on any atom is 0.253 e. The van der Waals surface area contributed by atoms with Crippen LogP contribution in [0.2, 0.25) is 0 Å². The first-order valence-electron chi connectivity index (χ1n) is 6.30. The van der Waals surface area contributed by atoms with Crippen LogP contribution in [0.1, 0.15) is 30.1 Å². The van der Waals surface area contributed by atoms with Crippen LogP contribution in [0.15, 0.2) is 24.3 Å². The Morgan fingerprint density at radius 3 is 2.50 bits per heavy atom. The predicted octanol–water partition coefficient (Wildman–Crippen LogP) is 1.65. The zero-order chi connectivity index (χ0) is 13.2. The van der Waals surface area contributed by atoms with Gasteiger partial charge < -0.3 is 15.4 Å². The summed E-state index contributed by atoms with van der Waals surface area (Å²) in [6, 6.07) is 7.18. The number of likely N-dealkylation sites (tertiary alicyclic amines) is 1. The summed E-state index contributed by atoms with van der Waals surface area (Å²) in [5, 5.41) is 0. The Balaban J connectivity index is 1.97. The highest BCUT2D eigenvalue weighted by Gasteiger charge is 2.41. The third-order valence-electron chi connectivity index (χ3n) is 3.38. The SMILES string of the molecule is CCCC1(N)CN(C(=O)c2ccc(OC)cc2)C1. The highest BCUT2D eigenvalue weighted by molar-refractivity contribution is 5.95. The van der Waals surface area contributed by atoms with Gasteiger partial charge in [0.05, 0.1) is 12.6 Å². The topological polar surface area (TPSA) is 55.6 Å². The van der Waals surface area contributed by atoms with Crippen LogP contribution in [0.25, 0.3) is 0 Å². The molecule has 1 aliphatic rings. The Morgan fingerprint density at radius 1 is 1.39 bits per heavy atom. The molecule has 0 bridgehead atoms. The van der Waals surface area contributed by atoms with Gasteiger partial charge in [-0.05, 0) is 30.7 Å². The molecule has 1 aromatic carbocycles. The molecule has 1 aliphatic heterocycles. The fourth-order valence-electron chi connectivity index (χ4n) is 2.43. The third-order valence-corrected chi connectivity index (χ3v) is 3.38. The van der Waals surface area contributed by atoms with Gasteiger partial charge in [-0.15, -0.1) is 0 Å². The largest absolute Gasteiger partial charge is 0.497 e. The Morgan fingerprint density at radius 2 is 2.00 bits per heavy atom. The molecule has 0 aromatic heterocycles. The summed E-state index contributed by atoms with van der Waals surface area (Å²) in [6.45, 7) is 3.43. The van der Waals surface area contributed by atoms with Gasteiger partial charge >= 0.3 is 0 Å². The third kappa shape index (κ3) is 2.48. The van der Waals surface area contributed by atoms with E-state index in [0.29, 0.717) is 18.7 Å². The summed E-state index contributed by atoms with van der Waals surface area (Å²) in [6.07, 6.45) is 2.03. The first-order chi connectivity index (χ1) is 8.58. The minimum Gasteiger partial charge on any atom is -0.497 e. The second kappa shape index (κ2) is 4.98. The molecule has 98 valence electrons. The summed E-state index contributed by atoms with van der Waals surface area (Å²) < 4.78 is 5.07. The molecule has 0 atom stereocenters. The van der Waals surface area contributed by atoms with Crippen LogP contribution in [0.4, 0.5) is 0 Å². The van der Waals surface area contributed by atoms with Crippen LogP contribution < -0.4 is 10.5 Å². The number of amides is 1. The van der Waals surface area contributed by atoms with Gasteiger partial charge in [-0.3, -0.25) is 4.79 Å². The molecule has 4 nitrogen and oxygen atoms in total. The Bertz CT molecular complexity index is 422. The molecule has 0 saturated carbocycles. The van der Waals surface area contributed by atoms with Gasteiger partial charge in [-0.1, -0.05) is 13.3 Å². The molecule has 1 amide bonds. The van der Waals surface area contributed by atoms with Crippen LogP contribution >= 0.6 is 0 Å². The lowest BCUT2D eigenvalue weighted by atomic mass is 9.86. The normalized spacial score (nSPS) is 17.2. The number of carbonyl (C=O) groups is 1. The van der Waals surface area contributed by atoms with Gasteiger partial charge in [0.2, 0.25) is 0 Å². The van der Waals surface area contributed by atoms with E-state index >= 15 is 0 Å². The highest BCUT2D eigenvalue weighted by atomic mass is 16.5. The van der Waals surface area contributed by atoms with Crippen LogP contribution in [-0.4, -0.2) is 36.5 Å². The maximum atomic E-state index is 12.1. The molecule has 0 radical (unpaired) electrons. The number of nitrogens with zero attached hydrogens (tertiary/aromatic N) is 1. The van der Waals surface area contributed by atoms with Crippen molar-refractivity contribution in [2.45, 2.75) is 25.3 Å². The minimum absolute atomic E-state index is 0.0508. The Kier molecular flexibility index (Phi) is 3.57. The zero-order valence-corrected chi connectivity index (χ0v) is 11.0. The maximum absolute atomic E-state index is 12.1. The summed E-state index contributed by atoms with van der Waals surface area (Å²) in [5.74, 6) is 0.809. The number of methoxy groups -OCH3 is 1. The molecular formula is C14H20N2O2. The molecule has 0 aliphatic carbocycles. The summed E-state index contributed by atoms with van der Waals surface area (Å²) in [7, 11) is 1.61. The molecule has 1 aromatic rings. The molecular weight excluding hydrogens is 228 g/mol. The molecule has 0 spiro atoms. The standard InChI is InChI=1S/C14H20N2O2/c1-3-8-14(15)9-16(10-14)13(17)11-4-6-12(18-2)7-5-11/h4-7H,3,8-10,15H2,1-2H3. The zero-order valence-electron chi connectivity index (χ0n) is 11.0. The van der Waals surface area contributed by atoms with E-state index in [1.165, 1.54) is 0 Å². The molecule has 2 rings (SSSR count). The number of benzene rings is 1. The van der Waals surface area contributed by atoms with E-state index in [1.807, 2.05) is 0 Å². The molecule has 1 fully saturated rings. The Labute approximate surface area is 108 Å². The second-order valence-corrected chi connectivity index (χ2v) is 5.00. The van der Waals surface area contributed by atoms with Gasteiger partial charge in [0.1, 0.15) is 5.75 Å². The first-order valence-corrected chi connectivity index (χ1v) is 6.30. The van der Waals surface area contributed by atoms with Crippen molar-refractivity contribution in [2.75, 3.05) is 20.2 Å². The lowest BCUT2D eigenvalue weighted by Crippen LogP contribution is -2.68. The lowest BCUT2D eigenvalue weighted by Gasteiger charge is -2.47. The van der Waals surface area contributed by atoms with Crippen molar-refractivity contribution in [1.82, 2.24) is 4.90 Å². The fourth-order valence-corrected chi connectivity index (χ4v) is 2.43. The molecule has 1 saturated heterocycles. The fraction of sp³-hybridized carbons (Fsp3) is 0.500. The van der Waals surface area contributed by atoms with Gasteiger partial charge in [-0.25, -0.2) is 0 Å². The van der Waals surface area contributed by atoms with E-state index in [-0.39, 0.29) is 11.4 Å². The van der Waals surface area contributed by atoms with Gasteiger partial charge in [0, 0.05) is 18.7 Å². The van der Waals surface area contributed by atoms with Gasteiger partial charge in [-0.2, -0.15) is 0 Å². The number of carbonyl (C=O) groups excluding carboxylic acids is 1. The highest BCUT2D eigenvalue weighted by Crippen LogP contribution is 2.25. The van der Waals surface area contributed by atoms with E-state index in [0.717, 1.165) is 18.6 Å². The molecule has 1 heterocycles. The molecule has 18 heavy (non-hydrogen) atoms. The van der Waals surface area contributed by atoms with E-state index < -0.39 is 0 Å². The number of nitrogens with two attached hydrogens (primary N) is 1.